The molecule has 1 N–H and O–H groups in total. The Kier molecular flexibility index (Phi) is 4.58. The summed E-state index contributed by atoms with van der Waals surface area (Å²) in [6.45, 7) is 7.75. The molecule has 0 fully saturated rings. The van der Waals surface area contributed by atoms with E-state index >= 15 is 0 Å². The van der Waals surface area contributed by atoms with Gasteiger partial charge in [-0.3, -0.25) is 0 Å². The van der Waals surface area contributed by atoms with Gasteiger partial charge >= 0.3 is 0 Å². The minimum Gasteiger partial charge on any atom is -0.242 e. The molecule has 1 aromatic heterocycles. The van der Waals surface area contributed by atoms with Crippen molar-refractivity contribution in [3.05, 3.63) is 48.0 Å². The van der Waals surface area contributed by atoms with Crippen LogP contribution in [0.4, 0.5) is 4.39 Å². The molecule has 0 aliphatic carbocycles. The van der Waals surface area contributed by atoms with Crippen LogP contribution < -0.4 is 4.72 Å². The van der Waals surface area contributed by atoms with Crippen molar-refractivity contribution in [2.75, 3.05) is 0 Å². The molecule has 2 rings (SSSR count). The summed E-state index contributed by atoms with van der Waals surface area (Å²) in [6, 6.07) is 7.53. The molecule has 114 valence electrons. The van der Waals surface area contributed by atoms with Crippen LogP contribution in [0.1, 0.15) is 39.3 Å². The van der Waals surface area contributed by atoms with Gasteiger partial charge in [0.25, 0.3) is 0 Å². The minimum atomic E-state index is -1.12. The van der Waals surface area contributed by atoms with Crippen molar-refractivity contribution in [2.24, 2.45) is 0 Å². The van der Waals surface area contributed by atoms with Crippen LogP contribution in [0.25, 0.3) is 5.69 Å². The molecule has 2 atom stereocenters. The van der Waals surface area contributed by atoms with E-state index in [0.717, 1.165) is 11.3 Å². The van der Waals surface area contributed by atoms with Crippen LogP contribution in [0.2, 0.25) is 0 Å². The van der Waals surface area contributed by atoms with Crippen molar-refractivity contribution < 1.29 is 8.60 Å². The van der Waals surface area contributed by atoms with Crippen molar-refractivity contribution in [3.8, 4) is 5.69 Å². The van der Waals surface area contributed by atoms with Crippen LogP contribution in [0, 0.1) is 5.82 Å². The standard InChI is InChI=1S/C15H20FN3OS/c1-11(18-21(20)15(2,3)4)12-5-7-14(8-6-12)19-10-13(16)9-17-19/h5-11,18H,1-4H3/t11-,21?/m0/s1. The van der Waals surface area contributed by atoms with Crippen LogP contribution in [0.5, 0.6) is 0 Å². The van der Waals surface area contributed by atoms with E-state index in [9.17, 15) is 8.60 Å². The number of nitrogens with zero attached hydrogens (tertiary/aromatic N) is 2. The molecule has 1 heterocycles. The Morgan fingerprint density at radius 2 is 1.90 bits per heavy atom. The summed E-state index contributed by atoms with van der Waals surface area (Å²) in [6.07, 6.45) is 2.50. The molecule has 0 saturated carbocycles. The maximum absolute atomic E-state index is 12.9. The number of nitrogens with one attached hydrogen (secondary N) is 1. The molecule has 0 spiro atoms. The zero-order valence-electron chi connectivity index (χ0n) is 12.6. The van der Waals surface area contributed by atoms with E-state index < -0.39 is 11.0 Å². The molecule has 0 aliphatic rings. The lowest BCUT2D eigenvalue weighted by Crippen LogP contribution is -2.34. The van der Waals surface area contributed by atoms with E-state index in [1.807, 2.05) is 52.0 Å². The van der Waals surface area contributed by atoms with E-state index in [1.54, 1.807) is 0 Å². The van der Waals surface area contributed by atoms with E-state index in [1.165, 1.54) is 17.1 Å². The SMILES string of the molecule is C[C@H](NS(=O)C(C)(C)C)c1ccc(-n2cc(F)cn2)cc1. The monoisotopic (exact) mass is 309 g/mol. The van der Waals surface area contributed by atoms with Crippen molar-refractivity contribution in [2.45, 2.75) is 38.5 Å². The van der Waals surface area contributed by atoms with Crippen molar-refractivity contribution in [1.29, 1.82) is 0 Å². The van der Waals surface area contributed by atoms with Gasteiger partial charge < -0.3 is 0 Å². The lowest BCUT2D eigenvalue weighted by atomic mass is 10.1. The first-order chi connectivity index (χ1) is 9.77. The Morgan fingerprint density at radius 3 is 2.38 bits per heavy atom. The summed E-state index contributed by atoms with van der Waals surface area (Å²) in [5, 5.41) is 3.92. The highest BCUT2D eigenvalue weighted by Gasteiger charge is 2.21. The van der Waals surface area contributed by atoms with Gasteiger partial charge in [0.15, 0.2) is 5.82 Å². The maximum Gasteiger partial charge on any atom is 0.161 e. The van der Waals surface area contributed by atoms with Crippen LogP contribution in [0.3, 0.4) is 0 Å². The molecular weight excluding hydrogens is 289 g/mol. The quantitative estimate of drug-likeness (QED) is 0.943. The van der Waals surface area contributed by atoms with Crippen molar-refractivity contribution >= 4 is 11.0 Å². The summed E-state index contributed by atoms with van der Waals surface area (Å²) >= 11 is 0. The Labute approximate surface area is 127 Å². The first-order valence-electron chi connectivity index (χ1n) is 6.76. The van der Waals surface area contributed by atoms with Crippen LogP contribution in [-0.4, -0.2) is 18.7 Å². The summed E-state index contributed by atoms with van der Waals surface area (Å²) in [7, 11) is -1.12. The molecule has 1 aromatic carbocycles. The average Bonchev–Trinajstić information content (AvgIpc) is 2.84. The fraction of sp³-hybridized carbons (Fsp3) is 0.400. The molecule has 0 bridgehead atoms. The zero-order chi connectivity index (χ0) is 15.6. The Morgan fingerprint density at radius 1 is 1.29 bits per heavy atom. The summed E-state index contributed by atoms with van der Waals surface area (Å²) in [4.78, 5) is 0. The summed E-state index contributed by atoms with van der Waals surface area (Å²) in [5.74, 6) is -0.366. The number of halogens is 1. The number of benzene rings is 1. The maximum atomic E-state index is 12.9. The lowest BCUT2D eigenvalue weighted by molar-refractivity contribution is 0.616. The number of hydrogen-bond donors (Lipinski definition) is 1. The van der Waals surface area contributed by atoms with Gasteiger partial charge in [-0.05, 0) is 45.4 Å². The second-order valence-electron chi connectivity index (χ2n) is 5.92. The molecule has 21 heavy (non-hydrogen) atoms. The zero-order valence-corrected chi connectivity index (χ0v) is 13.4. The third-order valence-corrected chi connectivity index (χ3v) is 4.73. The predicted octanol–water partition coefficient (Wildman–Crippen LogP) is 3.12. The van der Waals surface area contributed by atoms with E-state index in [2.05, 4.69) is 9.82 Å². The van der Waals surface area contributed by atoms with Gasteiger partial charge in [0, 0.05) is 6.04 Å². The highest BCUT2D eigenvalue weighted by Crippen LogP contribution is 2.18. The topological polar surface area (TPSA) is 46.9 Å². The fourth-order valence-electron chi connectivity index (χ4n) is 1.76. The van der Waals surface area contributed by atoms with Crippen molar-refractivity contribution in [3.63, 3.8) is 0 Å². The molecule has 0 saturated heterocycles. The Balaban J connectivity index is 2.10. The van der Waals surface area contributed by atoms with E-state index in [-0.39, 0.29) is 16.6 Å². The van der Waals surface area contributed by atoms with E-state index in [4.69, 9.17) is 0 Å². The lowest BCUT2D eigenvalue weighted by Gasteiger charge is -2.22. The Hall–Kier alpha value is -1.53. The fourth-order valence-corrected chi connectivity index (χ4v) is 2.57. The van der Waals surface area contributed by atoms with Gasteiger partial charge in [0.2, 0.25) is 0 Å². The molecule has 1 unspecified atom stereocenters. The molecule has 2 aromatic rings. The molecule has 6 heteroatoms. The first kappa shape index (κ1) is 15.9. The number of rotatable bonds is 4. The van der Waals surface area contributed by atoms with Gasteiger partial charge in [0.05, 0.1) is 33.8 Å². The number of hydrogen-bond acceptors (Lipinski definition) is 2. The van der Waals surface area contributed by atoms with Gasteiger partial charge in [-0.15, -0.1) is 0 Å². The van der Waals surface area contributed by atoms with Crippen LogP contribution in [-0.2, 0) is 11.0 Å². The third kappa shape index (κ3) is 3.98. The second kappa shape index (κ2) is 6.07. The van der Waals surface area contributed by atoms with Crippen LogP contribution in [0.15, 0.2) is 36.7 Å². The van der Waals surface area contributed by atoms with Gasteiger partial charge in [-0.25, -0.2) is 18.0 Å². The summed E-state index contributed by atoms with van der Waals surface area (Å²) < 4.78 is 29.3. The van der Waals surface area contributed by atoms with Gasteiger partial charge in [-0.1, -0.05) is 12.1 Å². The van der Waals surface area contributed by atoms with Crippen LogP contribution >= 0.6 is 0 Å². The van der Waals surface area contributed by atoms with Gasteiger partial charge in [0.1, 0.15) is 0 Å². The largest absolute Gasteiger partial charge is 0.242 e. The van der Waals surface area contributed by atoms with Gasteiger partial charge in [-0.2, -0.15) is 5.10 Å². The third-order valence-electron chi connectivity index (χ3n) is 3.05. The Bertz CT molecular complexity index is 631. The molecule has 0 radical (unpaired) electrons. The predicted molar refractivity (Wildman–Crippen MR) is 83.0 cm³/mol. The molecule has 0 aliphatic heterocycles. The first-order valence-corrected chi connectivity index (χ1v) is 7.91. The second-order valence-corrected chi connectivity index (χ2v) is 7.91. The smallest absolute Gasteiger partial charge is 0.161 e. The summed E-state index contributed by atoms with van der Waals surface area (Å²) in [5.41, 5.74) is 1.80. The highest BCUT2D eigenvalue weighted by molar-refractivity contribution is 7.84. The normalized spacial score (nSPS) is 14.9. The highest BCUT2D eigenvalue weighted by atomic mass is 32.2. The van der Waals surface area contributed by atoms with E-state index in [0.29, 0.717) is 0 Å². The average molecular weight is 309 g/mol. The molecule has 0 amide bonds. The minimum absolute atomic E-state index is 0.0338. The molecule has 4 nitrogen and oxygen atoms in total. The number of aromatic nitrogens is 2. The molecular formula is C15H20FN3OS. The van der Waals surface area contributed by atoms with Crippen molar-refractivity contribution in [1.82, 2.24) is 14.5 Å².